The van der Waals surface area contributed by atoms with Gasteiger partial charge in [-0.3, -0.25) is 4.90 Å². The van der Waals surface area contributed by atoms with Crippen LogP contribution in [0.4, 0.5) is 11.8 Å². The highest BCUT2D eigenvalue weighted by Crippen LogP contribution is 2.42. The first-order valence-electron chi connectivity index (χ1n) is 10.0. The van der Waals surface area contributed by atoms with Gasteiger partial charge in [0.25, 0.3) is 0 Å². The van der Waals surface area contributed by atoms with Crippen LogP contribution in [0.5, 0.6) is 11.6 Å². The molecular formula is C21H29N5O2. The van der Waals surface area contributed by atoms with Crippen molar-refractivity contribution >= 4 is 11.8 Å². The summed E-state index contributed by atoms with van der Waals surface area (Å²) >= 11 is 0. The van der Waals surface area contributed by atoms with Crippen LogP contribution in [-0.4, -0.2) is 39.7 Å². The quantitative estimate of drug-likeness (QED) is 0.837. The zero-order chi connectivity index (χ0) is 19.7. The number of nitrogens with zero attached hydrogens (tertiary/aromatic N) is 3. The zero-order valence-electron chi connectivity index (χ0n) is 16.6. The number of nitrogens with two attached hydrogens (primary N) is 2. The van der Waals surface area contributed by atoms with Crippen LogP contribution in [0, 0.1) is 0 Å². The molecule has 0 saturated carbocycles. The van der Waals surface area contributed by atoms with Gasteiger partial charge in [0.15, 0.2) is 0 Å². The van der Waals surface area contributed by atoms with E-state index >= 15 is 0 Å². The Balaban J connectivity index is 1.39. The summed E-state index contributed by atoms with van der Waals surface area (Å²) in [4.78, 5) is 10.8. The Kier molecular flexibility index (Phi) is 5.02. The van der Waals surface area contributed by atoms with Crippen LogP contribution in [0.15, 0.2) is 24.3 Å². The average Bonchev–Trinajstić information content (AvgIpc) is 2.88. The maximum Gasteiger partial charge on any atom is 0.225 e. The SMILES string of the molecule is CC(C)Oc1ccc(CN2CCCC3(CC2)Cc2c(N)nc(N)nc2O3)cc1. The summed E-state index contributed by atoms with van der Waals surface area (Å²) in [5.74, 6) is 2.11. The van der Waals surface area contributed by atoms with Crippen molar-refractivity contribution in [1.29, 1.82) is 0 Å². The monoisotopic (exact) mass is 383 g/mol. The number of rotatable bonds is 4. The van der Waals surface area contributed by atoms with E-state index in [-0.39, 0.29) is 17.7 Å². The second-order valence-electron chi connectivity index (χ2n) is 8.15. The van der Waals surface area contributed by atoms with E-state index < -0.39 is 0 Å². The predicted molar refractivity (Wildman–Crippen MR) is 109 cm³/mol. The minimum absolute atomic E-state index is 0.174. The number of likely N-dealkylation sites (tertiary alicyclic amines) is 1. The van der Waals surface area contributed by atoms with Crippen LogP contribution >= 0.6 is 0 Å². The van der Waals surface area contributed by atoms with Crippen LogP contribution in [0.1, 0.15) is 44.2 Å². The Morgan fingerprint density at radius 3 is 2.68 bits per heavy atom. The lowest BCUT2D eigenvalue weighted by Crippen LogP contribution is -2.36. The van der Waals surface area contributed by atoms with E-state index in [1.54, 1.807) is 0 Å². The summed E-state index contributed by atoms with van der Waals surface area (Å²) in [5, 5.41) is 0. The Bertz CT molecular complexity index is 839. The van der Waals surface area contributed by atoms with Crippen LogP contribution < -0.4 is 20.9 Å². The zero-order valence-corrected chi connectivity index (χ0v) is 16.6. The third kappa shape index (κ3) is 3.99. The van der Waals surface area contributed by atoms with Gasteiger partial charge in [-0.2, -0.15) is 9.97 Å². The summed E-state index contributed by atoms with van der Waals surface area (Å²) in [6.07, 6.45) is 3.96. The molecule has 2 aromatic rings. The Hall–Kier alpha value is -2.54. The predicted octanol–water partition coefficient (Wildman–Crippen LogP) is 2.79. The molecule has 1 aromatic heterocycles. The summed E-state index contributed by atoms with van der Waals surface area (Å²) < 4.78 is 12.0. The highest BCUT2D eigenvalue weighted by Gasteiger charge is 2.42. The molecule has 4 N–H and O–H groups in total. The molecule has 1 aromatic carbocycles. The molecule has 3 heterocycles. The van der Waals surface area contributed by atoms with Gasteiger partial charge in [-0.1, -0.05) is 12.1 Å². The van der Waals surface area contributed by atoms with Gasteiger partial charge in [0, 0.05) is 25.9 Å². The minimum atomic E-state index is -0.233. The normalized spacial score (nSPS) is 22.1. The van der Waals surface area contributed by atoms with E-state index in [1.165, 1.54) is 5.56 Å². The maximum absolute atomic E-state index is 6.27. The molecule has 7 heteroatoms. The van der Waals surface area contributed by atoms with Crippen LogP contribution in [0.3, 0.4) is 0 Å². The molecule has 150 valence electrons. The van der Waals surface area contributed by atoms with Crippen molar-refractivity contribution in [1.82, 2.24) is 14.9 Å². The lowest BCUT2D eigenvalue weighted by atomic mass is 9.90. The maximum atomic E-state index is 6.27. The molecule has 0 bridgehead atoms. The molecule has 2 aliphatic heterocycles. The highest BCUT2D eigenvalue weighted by atomic mass is 16.5. The van der Waals surface area contributed by atoms with Gasteiger partial charge in [0.1, 0.15) is 17.2 Å². The van der Waals surface area contributed by atoms with Gasteiger partial charge in [-0.25, -0.2) is 0 Å². The number of hydrogen-bond acceptors (Lipinski definition) is 7. The van der Waals surface area contributed by atoms with Gasteiger partial charge in [0.2, 0.25) is 11.8 Å². The minimum Gasteiger partial charge on any atom is -0.491 e. The summed E-state index contributed by atoms with van der Waals surface area (Å²) in [7, 11) is 0. The third-order valence-corrected chi connectivity index (χ3v) is 5.52. The number of benzene rings is 1. The molecule has 2 aliphatic rings. The Labute approximate surface area is 166 Å². The van der Waals surface area contributed by atoms with Crippen molar-refractivity contribution in [2.75, 3.05) is 24.6 Å². The number of anilines is 2. The largest absolute Gasteiger partial charge is 0.491 e. The fraction of sp³-hybridized carbons (Fsp3) is 0.524. The molecule has 1 saturated heterocycles. The van der Waals surface area contributed by atoms with E-state index in [2.05, 4.69) is 39.1 Å². The van der Waals surface area contributed by atoms with Crippen LogP contribution in [-0.2, 0) is 13.0 Å². The first-order chi connectivity index (χ1) is 13.4. The third-order valence-electron chi connectivity index (χ3n) is 5.52. The number of aromatic nitrogens is 2. The Morgan fingerprint density at radius 1 is 1.14 bits per heavy atom. The number of nitrogen functional groups attached to an aromatic ring is 2. The van der Waals surface area contributed by atoms with Gasteiger partial charge < -0.3 is 20.9 Å². The second-order valence-corrected chi connectivity index (χ2v) is 8.15. The molecule has 1 unspecified atom stereocenters. The van der Waals surface area contributed by atoms with E-state index in [9.17, 15) is 0 Å². The fourth-order valence-electron chi connectivity index (χ4n) is 4.18. The second kappa shape index (κ2) is 7.47. The number of hydrogen-bond donors (Lipinski definition) is 2. The van der Waals surface area contributed by atoms with Crippen molar-refractivity contribution in [2.24, 2.45) is 0 Å². The van der Waals surface area contributed by atoms with E-state index in [0.29, 0.717) is 11.7 Å². The van der Waals surface area contributed by atoms with Gasteiger partial charge in [0.05, 0.1) is 11.7 Å². The molecule has 1 spiro atoms. The molecule has 1 atom stereocenters. The lowest BCUT2D eigenvalue weighted by Gasteiger charge is -2.27. The van der Waals surface area contributed by atoms with Crippen molar-refractivity contribution in [3.8, 4) is 11.6 Å². The molecule has 28 heavy (non-hydrogen) atoms. The van der Waals surface area contributed by atoms with Crippen LogP contribution in [0.2, 0.25) is 0 Å². The van der Waals surface area contributed by atoms with Crippen LogP contribution in [0.25, 0.3) is 0 Å². The van der Waals surface area contributed by atoms with E-state index in [4.69, 9.17) is 20.9 Å². The summed E-state index contributed by atoms with van der Waals surface area (Å²) in [6.45, 7) is 7.03. The lowest BCUT2D eigenvalue weighted by molar-refractivity contribution is 0.0728. The summed E-state index contributed by atoms with van der Waals surface area (Å²) in [5.41, 5.74) is 13.7. The van der Waals surface area contributed by atoms with Gasteiger partial charge >= 0.3 is 0 Å². The molecular weight excluding hydrogens is 354 g/mol. The van der Waals surface area contributed by atoms with Gasteiger partial charge in [-0.05, 0) is 50.9 Å². The smallest absolute Gasteiger partial charge is 0.225 e. The average molecular weight is 383 g/mol. The van der Waals surface area contributed by atoms with Crippen molar-refractivity contribution in [3.63, 3.8) is 0 Å². The number of ether oxygens (including phenoxy) is 2. The molecule has 0 radical (unpaired) electrons. The topological polar surface area (TPSA) is 99.5 Å². The first-order valence-corrected chi connectivity index (χ1v) is 10.0. The van der Waals surface area contributed by atoms with Crippen molar-refractivity contribution in [3.05, 3.63) is 35.4 Å². The molecule has 0 amide bonds. The molecule has 7 nitrogen and oxygen atoms in total. The fourth-order valence-corrected chi connectivity index (χ4v) is 4.18. The Morgan fingerprint density at radius 2 is 1.93 bits per heavy atom. The van der Waals surface area contributed by atoms with E-state index in [1.807, 2.05) is 13.8 Å². The highest BCUT2D eigenvalue weighted by molar-refractivity contribution is 5.52. The molecule has 0 aliphatic carbocycles. The number of fused-ring (bicyclic) bond motifs is 1. The first kappa shape index (κ1) is 18.8. The van der Waals surface area contributed by atoms with E-state index in [0.717, 1.165) is 56.6 Å². The molecule has 4 rings (SSSR count). The van der Waals surface area contributed by atoms with Crippen molar-refractivity contribution in [2.45, 2.75) is 57.8 Å². The standard InChI is InChI=1S/C21H29N5O2/c1-14(2)27-16-6-4-15(5-7-16)13-26-10-3-8-21(9-11-26)12-17-18(22)24-20(23)25-19(17)28-21/h4-7,14H,3,8-13H2,1-2H3,(H4,22,23,24,25). The molecule has 1 fully saturated rings. The van der Waals surface area contributed by atoms with Crippen molar-refractivity contribution < 1.29 is 9.47 Å². The van der Waals surface area contributed by atoms with Gasteiger partial charge in [-0.15, -0.1) is 0 Å². The summed E-state index contributed by atoms with van der Waals surface area (Å²) in [6, 6.07) is 8.41.